The summed E-state index contributed by atoms with van der Waals surface area (Å²) in [5.74, 6) is -1.91. The predicted octanol–water partition coefficient (Wildman–Crippen LogP) is 1.86. The molecule has 1 aromatic carbocycles. The molecule has 3 nitrogen and oxygen atoms in total. The molecule has 2 unspecified atom stereocenters. The first-order valence-corrected chi connectivity index (χ1v) is 5.66. The van der Waals surface area contributed by atoms with Crippen LogP contribution in [0.1, 0.15) is 17.0 Å². The number of hydrogen-bond donors (Lipinski definition) is 1. The van der Waals surface area contributed by atoms with Crippen molar-refractivity contribution in [1.82, 2.24) is 4.90 Å². The van der Waals surface area contributed by atoms with Crippen LogP contribution in [0, 0.1) is 18.7 Å². The molecule has 0 radical (unpaired) electrons. The Labute approximate surface area is 99.9 Å². The third kappa shape index (κ3) is 2.31. The minimum atomic E-state index is -0.848. The quantitative estimate of drug-likeness (QED) is 0.853. The number of benzene rings is 1. The highest BCUT2D eigenvalue weighted by Crippen LogP contribution is 2.33. The molecule has 0 saturated carbocycles. The molecule has 1 fully saturated rings. The molecule has 1 aliphatic heterocycles. The van der Waals surface area contributed by atoms with Gasteiger partial charge in [-0.15, -0.1) is 0 Å². The van der Waals surface area contributed by atoms with E-state index < -0.39 is 11.9 Å². The van der Waals surface area contributed by atoms with E-state index in [1.807, 2.05) is 24.9 Å². The molecule has 0 bridgehead atoms. The highest BCUT2D eigenvalue weighted by atomic mass is 19.1. The number of aliphatic carboxylic acids is 1. The summed E-state index contributed by atoms with van der Waals surface area (Å²) in [4.78, 5) is 13.1. The fourth-order valence-electron chi connectivity index (χ4n) is 2.50. The van der Waals surface area contributed by atoms with E-state index in [0.29, 0.717) is 18.7 Å². The molecule has 17 heavy (non-hydrogen) atoms. The van der Waals surface area contributed by atoms with Gasteiger partial charge in [0, 0.05) is 19.0 Å². The van der Waals surface area contributed by atoms with Gasteiger partial charge in [0.15, 0.2) is 0 Å². The van der Waals surface area contributed by atoms with Crippen LogP contribution in [-0.4, -0.2) is 36.1 Å². The Morgan fingerprint density at radius 2 is 2.18 bits per heavy atom. The van der Waals surface area contributed by atoms with Crippen molar-refractivity contribution >= 4 is 5.97 Å². The summed E-state index contributed by atoms with van der Waals surface area (Å²) in [6.07, 6.45) is 0. The highest BCUT2D eigenvalue weighted by molar-refractivity contribution is 5.72. The first kappa shape index (κ1) is 12.0. The molecule has 1 heterocycles. The van der Waals surface area contributed by atoms with Crippen LogP contribution in [0.4, 0.5) is 4.39 Å². The van der Waals surface area contributed by atoms with E-state index >= 15 is 0 Å². The molecule has 0 aromatic heterocycles. The molecule has 1 aliphatic rings. The Morgan fingerprint density at radius 1 is 1.47 bits per heavy atom. The smallest absolute Gasteiger partial charge is 0.308 e. The van der Waals surface area contributed by atoms with Gasteiger partial charge in [-0.2, -0.15) is 0 Å². The lowest BCUT2D eigenvalue weighted by molar-refractivity contribution is -0.141. The van der Waals surface area contributed by atoms with Crippen molar-refractivity contribution in [2.75, 3.05) is 20.1 Å². The van der Waals surface area contributed by atoms with Crippen LogP contribution in [0.15, 0.2) is 18.2 Å². The molecule has 92 valence electrons. The molecular weight excluding hydrogens is 221 g/mol. The number of rotatable bonds is 2. The van der Waals surface area contributed by atoms with Gasteiger partial charge < -0.3 is 10.0 Å². The van der Waals surface area contributed by atoms with Crippen molar-refractivity contribution in [1.29, 1.82) is 0 Å². The van der Waals surface area contributed by atoms with Crippen molar-refractivity contribution in [3.8, 4) is 0 Å². The van der Waals surface area contributed by atoms with Crippen LogP contribution >= 0.6 is 0 Å². The number of carboxylic acids is 1. The minimum Gasteiger partial charge on any atom is -0.481 e. The molecule has 2 rings (SSSR count). The molecule has 1 N–H and O–H groups in total. The van der Waals surface area contributed by atoms with E-state index in [2.05, 4.69) is 0 Å². The first-order valence-electron chi connectivity index (χ1n) is 5.66. The van der Waals surface area contributed by atoms with Crippen LogP contribution in [0.5, 0.6) is 0 Å². The molecule has 2 atom stereocenters. The van der Waals surface area contributed by atoms with E-state index in [4.69, 9.17) is 5.11 Å². The zero-order valence-corrected chi connectivity index (χ0v) is 9.98. The third-order valence-corrected chi connectivity index (χ3v) is 3.38. The van der Waals surface area contributed by atoms with Crippen molar-refractivity contribution in [2.24, 2.45) is 5.92 Å². The van der Waals surface area contributed by atoms with E-state index in [0.717, 1.165) is 5.56 Å². The van der Waals surface area contributed by atoms with Gasteiger partial charge in [-0.1, -0.05) is 12.1 Å². The average Bonchev–Trinajstić information content (AvgIpc) is 2.60. The van der Waals surface area contributed by atoms with Gasteiger partial charge in [0.1, 0.15) is 5.82 Å². The van der Waals surface area contributed by atoms with Crippen LogP contribution in [0.3, 0.4) is 0 Å². The highest BCUT2D eigenvalue weighted by Gasteiger charge is 2.38. The number of likely N-dealkylation sites (tertiary alicyclic amines) is 1. The Balaban J connectivity index is 2.34. The molecule has 0 aliphatic carbocycles. The van der Waals surface area contributed by atoms with E-state index in [-0.39, 0.29) is 11.7 Å². The molecule has 1 saturated heterocycles. The van der Waals surface area contributed by atoms with Crippen LogP contribution in [0.2, 0.25) is 0 Å². The second-order valence-electron chi connectivity index (χ2n) is 4.80. The van der Waals surface area contributed by atoms with Crippen molar-refractivity contribution in [3.63, 3.8) is 0 Å². The lowest BCUT2D eigenvalue weighted by Crippen LogP contribution is -2.22. The molecule has 0 spiro atoms. The van der Waals surface area contributed by atoms with Gasteiger partial charge in [-0.3, -0.25) is 4.79 Å². The van der Waals surface area contributed by atoms with Crippen molar-refractivity contribution in [3.05, 3.63) is 35.1 Å². The summed E-state index contributed by atoms with van der Waals surface area (Å²) in [7, 11) is 1.86. The fraction of sp³-hybridized carbons (Fsp3) is 0.462. The number of nitrogens with zero attached hydrogens (tertiary/aromatic N) is 1. The zero-order valence-electron chi connectivity index (χ0n) is 9.98. The largest absolute Gasteiger partial charge is 0.481 e. The van der Waals surface area contributed by atoms with Crippen LogP contribution < -0.4 is 0 Å². The number of likely N-dealkylation sites (N-methyl/N-ethyl adjacent to an activating group) is 1. The summed E-state index contributed by atoms with van der Waals surface area (Å²) < 4.78 is 13.9. The predicted molar refractivity (Wildman–Crippen MR) is 62.5 cm³/mol. The maximum absolute atomic E-state index is 13.9. The van der Waals surface area contributed by atoms with Gasteiger partial charge in [-0.25, -0.2) is 4.39 Å². The summed E-state index contributed by atoms with van der Waals surface area (Å²) in [6, 6.07) is 5.01. The van der Waals surface area contributed by atoms with Gasteiger partial charge in [-0.05, 0) is 31.2 Å². The van der Waals surface area contributed by atoms with Gasteiger partial charge in [0.2, 0.25) is 0 Å². The summed E-state index contributed by atoms with van der Waals surface area (Å²) >= 11 is 0. The first-order chi connectivity index (χ1) is 7.99. The number of carbonyl (C=O) groups is 1. The molecule has 4 heteroatoms. The second kappa shape index (κ2) is 4.45. The standard InChI is InChI=1S/C13H16FNO2/c1-8-3-4-9(12(14)5-8)10-6-15(2)7-11(10)13(16)17/h3-5,10-11H,6-7H2,1-2H3,(H,16,17). The Kier molecular flexibility index (Phi) is 3.15. The van der Waals surface area contributed by atoms with E-state index in [9.17, 15) is 9.18 Å². The fourth-order valence-corrected chi connectivity index (χ4v) is 2.50. The molecular formula is C13H16FNO2. The average molecular weight is 237 g/mol. The normalized spacial score (nSPS) is 25.1. The Hall–Kier alpha value is -1.42. The molecule has 1 aromatic rings. The number of aryl methyl sites for hydroxylation is 1. The van der Waals surface area contributed by atoms with E-state index in [1.54, 1.807) is 6.07 Å². The number of hydrogen-bond acceptors (Lipinski definition) is 2. The van der Waals surface area contributed by atoms with Crippen LogP contribution in [-0.2, 0) is 4.79 Å². The topological polar surface area (TPSA) is 40.5 Å². The lowest BCUT2D eigenvalue weighted by Gasteiger charge is -2.16. The Morgan fingerprint density at radius 3 is 2.76 bits per heavy atom. The van der Waals surface area contributed by atoms with Gasteiger partial charge >= 0.3 is 5.97 Å². The summed E-state index contributed by atoms with van der Waals surface area (Å²) in [5, 5.41) is 9.16. The maximum atomic E-state index is 13.9. The monoisotopic (exact) mass is 237 g/mol. The third-order valence-electron chi connectivity index (χ3n) is 3.38. The summed E-state index contributed by atoms with van der Waals surface area (Å²) in [5.41, 5.74) is 1.37. The van der Waals surface area contributed by atoms with Gasteiger partial charge in [0.05, 0.1) is 5.92 Å². The number of halogens is 1. The zero-order chi connectivity index (χ0) is 12.6. The minimum absolute atomic E-state index is 0.252. The molecule has 0 amide bonds. The second-order valence-corrected chi connectivity index (χ2v) is 4.80. The van der Waals surface area contributed by atoms with Crippen LogP contribution in [0.25, 0.3) is 0 Å². The SMILES string of the molecule is Cc1ccc(C2CN(C)CC2C(=O)O)c(F)c1. The van der Waals surface area contributed by atoms with E-state index in [1.165, 1.54) is 6.07 Å². The van der Waals surface area contributed by atoms with Crippen molar-refractivity contribution < 1.29 is 14.3 Å². The van der Waals surface area contributed by atoms with Gasteiger partial charge in [0.25, 0.3) is 0 Å². The lowest BCUT2D eigenvalue weighted by atomic mass is 9.88. The summed E-state index contributed by atoms with van der Waals surface area (Å²) in [6.45, 7) is 2.90. The number of carboxylic acid groups (broad SMARTS) is 1. The Bertz CT molecular complexity index is 447. The maximum Gasteiger partial charge on any atom is 0.308 e. The van der Waals surface area contributed by atoms with Crippen molar-refractivity contribution in [2.45, 2.75) is 12.8 Å².